The number of guanidine groups is 2. The molecule has 0 fully saturated rings. The van der Waals surface area contributed by atoms with Crippen molar-refractivity contribution in [3.05, 3.63) is 0 Å². The summed E-state index contributed by atoms with van der Waals surface area (Å²) in [5, 5.41) is 0. The Labute approximate surface area is 65.8 Å². The fraction of sp³-hybridized carbons (Fsp3) is 0.667. The SMILES string of the molecule is CN1C(N)=NC(N)=NC1(C)C. The largest absolute Gasteiger partial charge is 0.369 e. The van der Waals surface area contributed by atoms with E-state index in [1.54, 1.807) is 4.90 Å². The Morgan fingerprint density at radius 2 is 1.91 bits per heavy atom. The molecule has 0 radical (unpaired) electrons. The minimum atomic E-state index is -0.379. The van der Waals surface area contributed by atoms with Crippen molar-refractivity contribution in [1.82, 2.24) is 4.90 Å². The van der Waals surface area contributed by atoms with E-state index in [1.165, 1.54) is 0 Å². The predicted molar refractivity (Wildman–Crippen MR) is 45.1 cm³/mol. The van der Waals surface area contributed by atoms with Crippen LogP contribution in [0.4, 0.5) is 0 Å². The summed E-state index contributed by atoms with van der Waals surface area (Å²) in [7, 11) is 1.83. The van der Waals surface area contributed by atoms with E-state index in [1.807, 2.05) is 20.9 Å². The molecule has 0 bridgehead atoms. The highest BCUT2D eigenvalue weighted by atomic mass is 15.4. The van der Waals surface area contributed by atoms with Crippen molar-refractivity contribution in [2.45, 2.75) is 19.5 Å². The maximum atomic E-state index is 5.56. The molecule has 5 heteroatoms. The van der Waals surface area contributed by atoms with Crippen LogP contribution in [-0.4, -0.2) is 29.5 Å². The highest BCUT2D eigenvalue weighted by Crippen LogP contribution is 2.16. The lowest BCUT2D eigenvalue weighted by Crippen LogP contribution is -2.51. The lowest BCUT2D eigenvalue weighted by atomic mass is 10.2. The van der Waals surface area contributed by atoms with Crippen molar-refractivity contribution in [3.63, 3.8) is 0 Å². The van der Waals surface area contributed by atoms with E-state index in [2.05, 4.69) is 9.98 Å². The van der Waals surface area contributed by atoms with Gasteiger partial charge in [0.25, 0.3) is 0 Å². The van der Waals surface area contributed by atoms with Gasteiger partial charge in [-0.25, -0.2) is 4.99 Å². The molecule has 1 aliphatic heterocycles. The van der Waals surface area contributed by atoms with Crippen molar-refractivity contribution in [3.8, 4) is 0 Å². The minimum Gasteiger partial charge on any atom is -0.369 e. The zero-order valence-corrected chi connectivity index (χ0v) is 7.00. The lowest BCUT2D eigenvalue weighted by molar-refractivity contribution is 0.259. The average Bonchev–Trinajstić information content (AvgIpc) is 1.81. The van der Waals surface area contributed by atoms with E-state index in [4.69, 9.17) is 11.5 Å². The summed E-state index contributed by atoms with van der Waals surface area (Å²) in [6.45, 7) is 3.84. The molecule has 1 rings (SSSR count). The first kappa shape index (κ1) is 7.84. The molecule has 11 heavy (non-hydrogen) atoms. The third-order valence-corrected chi connectivity index (χ3v) is 1.78. The minimum absolute atomic E-state index is 0.241. The number of hydrogen-bond acceptors (Lipinski definition) is 5. The zero-order chi connectivity index (χ0) is 8.65. The highest BCUT2D eigenvalue weighted by Gasteiger charge is 2.27. The van der Waals surface area contributed by atoms with Crippen LogP contribution < -0.4 is 11.5 Å². The van der Waals surface area contributed by atoms with Crippen LogP contribution >= 0.6 is 0 Å². The summed E-state index contributed by atoms with van der Waals surface area (Å²) in [6, 6.07) is 0. The molecule has 0 aromatic carbocycles. The van der Waals surface area contributed by atoms with Gasteiger partial charge in [0, 0.05) is 7.05 Å². The summed E-state index contributed by atoms with van der Waals surface area (Å²) < 4.78 is 0. The maximum absolute atomic E-state index is 5.56. The van der Waals surface area contributed by atoms with E-state index in [-0.39, 0.29) is 11.6 Å². The Morgan fingerprint density at radius 3 is 2.36 bits per heavy atom. The smallest absolute Gasteiger partial charge is 0.220 e. The van der Waals surface area contributed by atoms with Crippen LogP contribution in [0.5, 0.6) is 0 Å². The van der Waals surface area contributed by atoms with Crippen LogP contribution in [0.15, 0.2) is 9.98 Å². The second-order valence-electron chi connectivity index (χ2n) is 2.99. The normalized spacial score (nSPS) is 22.6. The van der Waals surface area contributed by atoms with Crippen molar-refractivity contribution < 1.29 is 0 Å². The average molecular weight is 155 g/mol. The second-order valence-corrected chi connectivity index (χ2v) is 2.99. The fourth-order valence-electron chi connectivity index (χ4n) is 0.853. The van der Waals surface area contributed by atoms with E-state index < -0.39 is 0 Å². The van der Waals surface area contributed by atoms with Crippen molar-refractivity contribution in [2.24, 2.45) is 21.5 Å². The van der Waals surface area contributed by atoms with Gasteiger partial charge in [0.15, 0.2) is 0 Å². The van der Waals surface area contributed by atoms with Gasteiger partial charge in [-0.1, -0.05) is 0 Å². The second kappa shape index (κ2) is 2.11. The van der Waals surface area contributed by atoms with E-state index in [0.29, 0.717) is 5.96 Å². The number of rotatable bonds is 0. The molecular formula is C6H13N5. The molecular weight excluding hydrogens is 142 g/mol. The van der Waals surface area contributed by atoms with Gasteiger partial charge in [0.05, 0.1) is 0 Å². The van der Waals surface area contributed by atoms with Crippen molar-refractivity contribution >= 4 is 11.9 Å². The molecule has 0 aliphatic carbocycles. The zero-order valence-electron chi connectivity index (χ0n) is 7.00. The van der Waals surface area contributed by atoms with Gasteiger partial charge in [0.2, 0.25) is 11.9 Å². The number of nitrogens with zero attached hydrogens (tertiary/aromatic N) is 3. The lowest BCUT2D eigenvalue weighted by Gasteiger charge is -2.35. The maximum Gasteiger partial charge on any atom is 0.220 e. The topological polar surface area (TPSA) is 80.0 Å². The summed E-state index contributed by atoms with van der Waals surface area (Å²) >= 11 is 0. The third-order valence-electron chi connectivity index (χ3n) is 1.78. The van der Waals surface area contributed by atoms with Crippen LogP contribution in [0.2, 0.25) is 0 Å². The molecule has 0 amide bonds. The first-order valence-corrected chi connectivity index (χ1v) is 3.37. The Hall–Kier alpha value is -1.26. The van der Waals surface area contributed by atoms with Crippen LogP contribution in [0.3, 0.4) is 0 Å². The van der Waals surface area contributed by atoms with Gasteiger partial charge in [-0.3, -0.25) is 0 Å². The molecule has 4 N–H and O–H groups in total. The molecule has 0 saturated heterocycles. The first-order valence-electron chi connectivity index (χ1n) is 3.37. The third kappa shape index (κ3) is 1.26. The Kier molecular flexibility index (Phi) is 1.51. The Bertz CT molecular complexity index is 227. The highest BCUT2D eigenvalue weighted by molar-refractivity contribution is 5.95. The molecule has 0 aromatic rings. The molecule has 0 atom stereocenters. The van der Waals surface area contributed by atoms with Gasteiger partial charge in [-0.2, -0.15) is 4.99 Å². The molecule has 62 valence electrons. The summed E-state index contributed by atoms with van der Waals surface area (Å²) in [4.78, 5) is 9.67. The van der Waals surface area contributed by atoms with Crippen LogP contribution in [-0.2, 0) is 0 Å². The quantitative estimate of drug-likeness (QED) is 0.485. The monoisotopic (exact) mass is 155 g/mol. The Morgan fingerprint density at radius 1 is 1.36 bits per heavy atom. The van der Waals surface area contributed by atoms with Crippen molar-refractivity contribution in [1.29, 1.82) is 0 Å². The van der Waals surface area contributed by atoms with Gasteiger partial charge in [-0.05, 0) is 13.8 Å². The standard InChI is InChI=1S/C6H13N5/c1-6(2)10-4(7)9-5(8)11(6)3/h1-3H3,(H4,7,8,9,10). The van der Waals surface area contributed by atoms with E-state index in [0.717, 1.165) is 0 Å². The van der Waals surface area contributed by atoms with Gasteiger partial charge >= 0.3 is 0 Å². The summed E-state index contributed by atoms with van der Waals surface area (Å²) in [5.74, 6) is 0.646. The van der Waals surface area contributed by atoms with Crippen molar-refractivity contribution in [2.75, 3.05) is 7.05 Å². The molecule has 1 aliphatic rings. The van der Waals surface area contributed by atoms with Gasteiger partial charge in [0.1, 0.15) is 5.66 Å². The number of nitrogens with two attached hydrogens (primary N) is 2. The van der Waals surface area contributed by atoms with E-state index in [9.17, 15) is 0 Å². The van der Waals surface area contributed by atoms with Crippen LogP contribution in [0.1, 0.15) is 13.8 Å². The van der Waals surface area contributed by atoms with Gasteiger partial charge in [-0.15, -0.1) is 0 Å². The van der Waals surface area contributed by atoms with Gasteiger partial charge < -0.3 is 16.4 Å². The summed E-state index contributed by atoms with van der Waals surface area (Å²) in [5.41, 5.74) is 10.6. The van der Waals surface area contributed by atoms with Crippen LogP contribution in [0.25, 0.3) is 0 Å². The molecule has 0 unspecified atom stereocenters. The fourth-order valence-corrected chi connectivity index (χ4v) is 0.853. The number of aliphatic imine (C=N–C) groups is 2. The predicted octanol–water partition coefficient (Wildman–Crippen LogP) is -0.703. The number of hydrogen-bond donors (Lipinski definition) is 2. The van der Waals surface area contributed by atoms with E-state index >= 15 is 0 Å². The molecule has 1 heterocycles. The Balaban J connectivity index is 3.01. The first-order chi connectivity index (χ1) is 4.93. The van der Waals surface area contributed by atoms with Crippen LogP contribution in [0, 0.1) is 0 Å². The molecule has 5 nitrogen and oxygen atoms in total. The molecule has 0 saturated carbocycles. The molecule has 0 aromatic heterocycles. The summed E-state index contributed by atoms with van der Waals surface area (Å²) in [6.07, 6.45) is 0. The molecule has 0 spiro atoms.